The number of aromatic nitrogens is 1. The first-order valence-corrected chi connectivity index (χ1v) is 16.0. The van der Waals surface area contributed by atoms with E-state index in [0.29, 0.717) is 36.6 Å². The van der Waals surface area contributed by atoms with Gasteiger partial charge in [0.1, 0.15) is 5.75 Å². The molecule has 0 bridgehead atoms. The third kappa shape index (κ3) is 6.00. The van der Waals surface area contributed by atoms with Gasteiger partial charge >= 0.3 is 0 Å². The molecule has 1 amide bonds. The molecule has 2 saturated carbocycles. The molecule has 0 atom stereocenters. The van der Waals surface area contributed by atoms with Crippen molar-refractivity contribution >= 4 is 27.5 Å². The standard InChI is InChI=1S/C31H34ClN3O5S/c1-22(36)34-15-4-16-35(18-17-34)41(37,38)25-9-10-29(32)23(19-25)21-39-31(12-13-31)28-20-33-14-11-26(28)27-5-2-3-6-30(27)40-24-7-8-24/h2-3,5-6,9-11,14,19-20,24H,4,7-8,12-13,15-18,21H2,1H3. The number of ether oxygens (including phenoxy) is 2. The highest BCUT2D eigenvalue weighted by molar-refractivity contribution is 7.89. The van der Waals surface area contributed by atoms with Crippen LogP contribution < -0.4 is 4.74 Å². The van der Waals surface area contributed by atoms with Crippen molar-refractivity contribution in [2.24, 2.45) is 0 Å². The molecule has 3 fully saturated rings. The lowest BCUT2D eigenvalue weighted by molar-refractivity contribution is -0.128. The average molecular weight is 596 g/mol. The summed E-state index contributed by atoms with van der Waals surface area (Å²) in [5, 5.41) is 0.452. The van der Waals surface area contributed by atoms with E-state index >= 15 is 0 Å². The van der Waals surface area contributed by atoms with Gasteiger partial charge in [-0.1, -0.05) is 29.8 Å². The summed E-state index contributed by atoms with van der Waals surface area (Å²) < 4.78 is 41.3. The topological polar surface area (TPSA) is 89.0 Å². The van der Waals surface area contributed by atoms with Gasteiger partial charge in [-0.15, -0.1) is 0 Å². The van der Waals surface area contributed by atoms with Crippen LogP contribution in [0.4, 0.5) is 0 Å². The first kappa shape index (κ1) is 28.2. The number of benzene rings is 2. The summed E-state index contributed by atoms with van der Waals surface area (Å²) in [5.74, 6) is 0.819. The average Bonchev–Trinajstić information content (AvgIpc) is 3.88. The van der Waals surface area contributed by atoms with Crippen molar-refractivity contribution in [3.8, 4) is 16.9 Å². The lowest BCUT2D eigenvalue weighted by Gasteiger charge is -2.23. The van der Waals surface area contributed by atoms with Crippen LogP contribution in [0.5, 0.6) is 5.75 Å². The molecule has 1 aliphatic heterocycles. The van der Waals surface area contributed by atoms with Crippen molar-refractivity contribution in [1.29, 1.82) is 0 Å². The maximum absolute atomic E-state index is 13.5. The van der Waals surface area contributed by atoms with Gasteiger partial charge in [-0.05, 0) is 73.6 Å². The molecule has 3 aliphatic rings. The molecular formula is C31H34ClN3O5S. The van der Waals surface area contributed by atoms with E-state index in [0.717, 1.165) is 48.1 Å². The maximum Gasteiger partial charge on any atom is 0.243 e. The van der Waals surface area contributed by atoms with Gasteiger partial charge in [-0.2, -0.15) is 4.31 Å². The maximum atomic E-state index is 13.5. The second kappa shape index (κ2) is 11.4. The van der Waals surface area contributed by atoms with E-state index < -0.39 is 15.6 Å². The first-order valence-electron chi connectivity index (χ1n) is 14.2. The van der Waals surface area contributed by atoms with Crippen LogP contribution in [0.2, 0.25) is 5.02 Å². The number of pyridine rings is 1. The summed E-state index contributed by atoms with van der Waals surface area (Å²) in [6.45, 7) is 3.22. The number of para-hydroxylation sites is 1. The predicted molar refractivity (Wildman–Crippen MR) is 156 cm³/mol. The Morgan fingerprint density at radius 1 is 1.05 bits per heavy atom. The van der Waals surface area contributed by atoms with E-state index in [1.165, 1.54) is 17.3 Å². The lowest BCUT2D eigenvalue weighted by atomic mass is 9.96. The molecule has 10 heteroatoms. The van der Waals surface area contributed by atoms with Gasteiger partial charge in [0.2, 0.25) is 15.9 Å². The van der Waals surface area contributed by atoms with E-state index in [-0.39, 0.29) is 30.1 Å². The molecule has 0 N–H and O–H groups in total. The molecule has 0 spiro atoms. The van der Waals surface area contributed by atoms with E-state index in [1.54, 1.807) is 23.2 Å². The van der Waals surface area contributed by atoms with Gasteiger partial charge in [0.05, 0.1) is 23.2 Å². The summed E-state index contributed by atoms with van der Waals surface area (Å²) in [5.41, 5.74) is 3.11. The minimum absolute atomic E-state index is 0.0418. The van der Waals surface area contributed by atoms with Crippen LogP contribution in [0, 0.1) is 0 Å². The molecule has 216 valence electrons. The molecule has 2 aliphatic carbocycles. The number of amides is 1. The Balaban J connectivity index is 1.22. The first-order chi connectivity index (χ1) is 19.8. The number of rotatable bonds is 9. The second-order valence-electron chi connectivity index (χ2n) is 11.0. The summed E-state index contributed by atoms with van der Waals surface area (Å²) in [6, 6.07) is 14.8. The number of carbonyl (C=O) groups is 1. The van der Waals surface area contributed by atoms with Crippen LogP contribution in [-0.2, 0) is 31.8 Å². The van der Waals surface area contributed by atoms with Gasteiger partial charge in [-0.3, -0.25) is 9.78 Å². The summed E-state index contributed by atoms with van der Waals surface area (Å²) in [6.07, 6.45) is 8.33. The summed E-state index contributed by atoms with van der Waals surface area (Å²) in [4.78, 5) is 18.1. The normalized spacial score (nSPS) is 19.0. The fourth-order valence-electron chi connectivity index (χ4n) is 5.39. The van der Waals surface area contributed by atoms with Crippen molar-refractivity contribution in [3.05, 3.63) is 77.1 Å². The molecular weight excluding hydrogens is 562 g/mol. The number of nitrogens with zero attached hydrogens (tertiary/aromatic N) is 3. The van der Waals surface area contributed by atoms with Crippen LogP contribution >= 0.6 is 11.6 Å². The number of sulfonamides is 1. The van der Waals surface area contributed by atoms with Gasteiger partial charge in [0.15, 0.2) is 0 Å². The fourth-order valence-corrected chi connectivity index (χ4v) is 7.08. The highest BCUT2D eigenvalue weighted by atomic mass is 35.5. The highest BCUT2D eigenvalue weighted by Crippen LogP contribution is 2.53. The smallest absolute Gasteiger partial charge is 0.243 e. The van der Waals surface area contributed by atoms with Crippen LogP contribution in [-0.4, -0.2) is 60.8 Å². The van der Waals surface area contributed by atoms with Crippen molar-refractivity contribution < 1.29 is 22.7 Å². The van der Waals surface area contributed by atoms with Crippen LogP contribution in [0.3, 0.4) is 0 Å². The van der Waals surface area contributed by atoms with Crippen LogP contribution in [0.25, 0.3) is 11.1 Å². The summed E-state index contributed by atoms with van der Waals surface area (Å²) >= 11 is 6.55. The van der Waals surface area contributed by atoms with Gasteiger partial charge < -0.3 is 14.4 Å². The zero-order valence-corrected chi connectivity index (χ0v) is 24.7. The Bertz CT molecular complexity index is 1550. The molecule has 8 nitrogen and oxygen atoms in total. The van der Waals surface area contributed by atoms with Crippen molar-refractivity contribution in [3.63, 3.8) is 0 Å². The summed E-state index contributed by atoms with van der Waals surface area (Å²) in [7, 11) is -3.76. The molecule has 2 heterocycles. The quantitative estimate of drug-likeness (QED) is 0.329. The minimum atomic E-state index is -3.76. The van der Waals surface area contributed by atoms with Gasteiger partial charge in [0.25, 0.3) is 0 Å². The van der Waals surface area contributed by atoms with E-state index in [1.807, 2.05) is 30.5 Å². The predicted octanol–water partition coefficient (Wildman–Crippen LogP) is 5.39. The van der Waals surface area contributed by atoms with Crippen molar-refractivity contribution in [2.45, 2.75) is 62.2 Å². The lowest BCUT2D eigenvalue weighted by Crippen LogP contribution is -2.36. The molecule has 3 aromatic rings. The van der Waals surface area contributed by atoms with Crippen molar-refractivity contribution in [2.75, 3.05) is 26.2 Å². The van der Waals surface area contributed by atoms with Gasteiger partial charge in [0, 0.05) is 61.6 Å². The number of hydrogen-bond acceptors (Lipinski definition) is 6. The van der Waals surface area contributed by atoms with E-state index in [4.69, 9.17) is 21.1 Å². The van der Waals surface area contributed by atoms with Crippen LogP contribution in [0.15, 0.2) is 65.8 Å². The number of halogens is 1. The Labute approximate surface area is 246 Å². The Kier molecular flexibility index (Phi) is 7.80. The molecule has 0 unspecified atom stereocenters. The third-order valence-electron chi connectivity index (χ3n) is 8.07. The van der Waals surface area contributed by atoms with E-state index in [9.17, 15) is 13.2 Å². The molecule has 41 heavy (non-hydrogen) atoms. The minimum Gasteiger partial charge on any atom is -0.490 e. The van der Waals surface area contributed by atoms with Crippen molar-refractivity contribution in [1.82, 2.24) is 14.2 Å². The molecule has 6 rings (SSSR count). The highest BCUT2D eigenvalue weighted by Gasteiger charge is 2.48. The van der Waals surface area contributed by atoms with Gasteiger partial charge in [-0.25, -0.2) is 8.42 Å². The van der Waals surface area contributed by atoms with E-state index in [2.05, 4.69) is 11.1 Å². The SMILES string of the molecule is CC(=O)N1CCCN(S(=O)(=O)c2ccc(Cl)c(COC3(c4cnccc4-c4ccccc4OC4CC4)CC3)c2)CC1. The molecule has 1 aromatic heterocycles. The third-order valence-corrected chi connectivity index (χ3v) is 10.3. The molecule has 0 radical (unpaired) electrons. The zero-order chi connectivity index (χ0) is 28.6. The van der Waals surface area contributed by atoms with Crippen LogP contribution in [0.1, 0.15) is 50.2 Å². The number of hydrogen-bond donors (Lipinski definition) is 0. The Hall–Kier alpha value is -2.98. The zero-order valence-electron chi connectivity index (χ0n) is 23.1. The second-order valence-corrected chi connectivity index (χ2v) is 13.4. The monoisotopic (exact) mass is 595 g/mol. The Morgan fingerprint density at radius 3 is 2.61 bits per heavy atom. The largest absolute Gasteiger partial charge is 0.490 e. The number of carbonyl (C=O) groups excluding carboxylic acids is 1. The Morgan fingerprint density at radius 2 is 1.85 bits per heavy atom. The molecule has 1 saturated heterocycles. The molecule has 2 aromatic carbocycles. The fraction of sp³-hybridized carbons (Fsp3) is 0.419.